The number of carbonyl (C=O) groups excluding carboxylic acids is 1. The van der Waals surface area contributed by atoms with Gasteiger partial charge in [0, 0.05) is 13.6 Å². The maximum atomic E-state index is 12.0. The van der Waals surface area contributed by atoms with Gasteiger partial charge < -0.3 is 15.3 Å². The molecule has 2 N–H and O–H groups in total. The molecular formula is C11H20N2O3. The molecule has 0 aliphatic carbocycles. The number of aliphatic carboxylic acids is 1. The number of hydrogen-bond acceptors (Lipinski definition) is 3. The van der Waals surface area contributed by atoms with Crippen molar-refractivity contribution in [2.45, 2.75) is 32.2 Å². The van der Waals surface area contributed by atoms with Gasteiger partial charge in [-0.1, -0.05) is 6.92 Å². The molecule has 2 unspecified atom stereocenters. The van der Waals surface area contributed by atoms with Crippen LogP contribution in [0.5, 0.6) is 0 Å². The second kappa shape index (κ2) is 5.84. The predicted molar refractivity (Wildman–Crippen MR) is 60.1 cm³/mol. The van der Waals surface area contributed by atoms with E-state index in [1.807, 2.05) is 0 Å². The largest absolute Gasteiger partial charge is 0.481 e. The molecule has 0 bridgehead atoms. The van der Waals surface area contributed by atoms with E-state index in [0.717, 1.165) is 19.4 Å². The summed E-state index contributed by atoms with van der Waals surface area (Å²) in [4.78, 5) is 23.9. The Morgan fingerprint density at radius 2 is 2.19 bits per heavy atom. The van der Waals surface area contributed by atoms with Gasteiger partial charge in [-0.15, -0.1) is 0 Å². The molecule has 1 aliphatic rings. The summed E-state index contributed by atoms with van der Waals surface area (Å²) in [6, 6.07) is -0.146. The number of nitrogens with one attached hydrogen (secondary N) is 1. The molecule has 1 saturated heterocycles. The van der Waals surface area contributed by atoms with Crippen molar-refractivity contribution in [1.82, 2.24) is 10.2 Å². The van der Waals surface area contributed by atoms with E-state index in [9.17, 15) is 9.59 Å². The Morgan fingerprint density at radius 3 is 2.75 bits per heavy atom. The first-order valence-corrected chi connectivity index (χ1v) is 5.72. The lowest BCUT2D eigenvalue weighted by Gasteiger charge is -2.32. The molecule has 92 valence electrons. The molecule has 1 heterocycles. The molecule has 1 amide bonds. The van der Waals surface area contributed by atoms with Gasteiger partial charge in [-0.25, -0.2) is 0 Å². The van der Waals surface area contributed by atoms with Crippen LogP contribution in [-0.2, 0) is 9.59 Å². The molecule has 0 aromatic rings. The third kappa shape index (κ3) is 3.48. The Hall–Kier alpha value is -1.10. The van der Waals surface area contributed by atoms with E-state index in [-0.39, 0.29) is 24.9 Å². The summed E-state index contributed by atoms with van der Waals surface area (Å²) in [7, 11) is 1.66. The number of rotatable bonds is 4. The highest BCUT2D eigenvalue weighted by Gasteiger charge is 2.29. The highest BCUT2D eigenvalue weighted by atomic mass is 16.4. The van der Waals surface area contributed by atoms with Gasteiger partial charge >= 0.3 is 5.97 Å². The summed E-state index contributed by atoms with van der Waals surface area (Å²) < 4.78 is 0. The first-order valence-electron chi connectivity index (χ1n) is 5.72. The smallest absolute Gasteiger partial charge is 0.305 e. The molecule has 1 fully saturated rings. The predicted octanol–water partition coefficient (Wildman–Crippen LogP) is 0.308. The zero-order valence-corrected chi connectivity index (χ0v) is 9.90. The van der Waals surface area contributed by atoms with Crippen LogP contribution in [0.15, 0.2) is 0 Å². The van der Waals surface area contributed by atoms with Crippen molar-refractivity contribution in [3.63, 3.8) is 0 Å². The fraction of sp³-hybridized carbons (Fsp3) is 0.818. The van der Waals surface area contributed by atoms with Crippen LogP contribution in [0.2, 0.25) is 0 Å². The molecule has 1 rings (SSSR count). The second-order valence-corrected chi connectivity index (χ2v) is 4.45. The van der Waals surface area contributed by atoms with Crippen LogP contribution in [0, 0.1) is 5.92 Å². The topological polar surface area (TPSA) is 69.6 Å². The summed E-state index contributed by atoms with van der Waals surface area (Å²) >= 11 is 0. The zero-order valence-electron chi connectivity index (χ0n) is 9.90. The molecule has 16 heavy (non-hydrogen) atoms. The Balaban J connectivity index is 2.45. The fourth-order valence-corrected chi connectivity index (χ4v) is 1.99. The first-order chi connectivity index (χ1) is 7.52. The zero-order chi connectivity index (χ0) is 12.1. The number of nitrogens with zero attached hydrogens (tertiary/aromatic N) is 1. The molecule has 2 atom stereocenters. The van der Waals surface area contributed by atoms with E-state index in [1.54, 1.807) is 7.05 Å². The summed E-state index contributed by atoms with van der Waals surface area (Å²) in [6.45, 7) is 3.20. The van der Waals surface area contributed by atoms with Crippen LogP contribution in [0.3, 0.4) is 0 Å². The third-order valence-electron chi connectivity index (χ3n) is 3.07. The van der Waals surface area contributed by atoms with Crippen LogP contribution in [-0.4, -0.2) is 48.1 Å². The normalized spacial score (nSPS) is 25.1. The highest BCUT2D eigenvalue weighted by molar-refractivity contribution is 5.82. The average molecular weight is 228 g/mol. The number of hydrogen-bond donors (Lipinski definition) is 2. The van der Waals surface area contributed by atoms with E-state index in [4.69, 9.17) is 5.11 Å². The van der Waals surface area contributed by atoms with Gasteiger partial charge in [0.2, 0.25) is 5.91 Å². The molecular weight excluding hydrogens is 208 g/mol. The van der Waals surface area contributed by atoms with Crippen LogP contribution in [0.4, 0.5) is 0 Å². The Bertz CT molecular complexity index is 268. The molecule has 0 saturated carbocycles. The van der Waals surface area contributed by atoms with Crippen molar-refractivity contribution in [2.75, 3.05) is 20.1 Å². The Labute approximate surface area is 95.8 Å². The van der Waals surface area contributed by atoms with Crippen LogP contribution < -0.4 is 5.32 Å². The van der Waals surface area contributed by atoms with Gasteiger partial charge in [-0.3, -0.25) is 9.59 Å². The minimum absolute atomic E-state index is 0.00331. The monoisotopic (exact) mass is 228 g/mol. The molecule has 0 radical (unpaired) electrons. The number of piperidine rings is 1. The van der Waals surface area contributed by atoms with Crippen molar-refractivity contribution in [2.24, 2.45) is 5.92 Å². The van der Waals surface area contributed by atoms with Gasteiger partial charge in [-0.05, 0) is 25.3 Å². The SMILES string of the molecule is CC1CCCNC1C(=O)N(C)CCC(=O)O. The van der Waals surface area contributed by atoms with Crippen LogP contribution >= 0.6 is 0 Å². The quantitative estimate of drug-likeness (QED) is 0.726. The molecule has 5 nitrogen and oxygen atoms in total. The standard InChI is InChI=1S/C11H20N2O3/c1-8-4-3-6-12-10(8)11(16)13(2)7-5-9(14)15/h8,10,12H,3-7H2,1-2H3,(H,14,15). The van der Waals surface area contributed by atoms with Crippen molar-refractivity contribution < 1.29 is 14.7 Å². The van der Waals surface area contributed by atoms with Crippen molar-refractivity contribution in [1.29, 1.82) is 0 Å². The summed E-state index contributed by atoms with van der Waals surface area (Å²) in [5.74, 6) is -0.536. The van der Waals surface area contributed by atoms with Gasteiger partial charge in [0.05, 0.1) is 12.5 Å². The molecule has 0 spiro atoms. The third-order valence-corrected chi connectivity index (χ3v) is 3.07. The molecule has 5 heteroatoms. The maximum absolute atomic E-state index is 12.0. The molecule has 0 aromatic heterocycles. The first kappa shape index (κ1) is 13.0. The van der Waals surface area contributed by atoms with Gasteiger partial charge in [0.1, 0.15) is 0 Å². The summed E-state index contributed by atoms with van der Waals surface area (Å²) in [5, 5.41) is 11.8. The van der Waals surface area contributed by atoms with Crippen LogP contribution in [0.1, 0.15) is 26.2 Å². The van der Waals surface area contributed by atoms with Crippen molar-refractivity contribution in [3.05, 3.63) is 0 Å². The van der Waals surface area contributed by atoms with E-state index in [0.29, 0.717) is 5.92 Å². The second-order valence-electron chi connectivity index (χ2n) is 4.45. The number of likely N-dealkylation sites (N-methyl/N-ethyl adjacent to an activating group) is 1. The van der Waals surface area contributed by atoms with Crippen LogP contribution in [0.25, 0.3) is 0 Å². The van der Waals surface area contributed by atoms with Gasteiger partial charge in [-0.2, -0.15) is 0 Å². The summed E-state index contributed by atoms with van der Waals surface area (Å²) in [5.41, 5.74) is 0. The van der Waals surface area contributed by atoms with E-state index < -0.39 is 5.97 Å². The minimum Gasteiger partial charge on any atom is -0.481 e. The number of carboxylic acids is 1. The molecule has 1 aliphatic heterocycles. The van der Waals surface area contributed by atoms with E-state index >= 15 is 0 Å². The number of carbonyl (C=O) groups is 2. The Kier molecular flexibility index (Phi) is 4.73. The lowest BCUT2D eigenvalue weighted by atomic mass is 9.92. The summed E-state index contributed by atoms with van der Waals surface area (Å²) in [6.07, 6.45) is 2.16. The lowest BCUT2D eigenvalue weighted by Crippen LogP contribution is -2.51. The number of carboxylic acid groups (broad SMARTS) is 1. The average Bonchev–Trinajstić information content (AvgIpc) is 2.25. The maximum Gasteiger partial charge on any atom is 0.305 e. The minimum atomic E-state index is -0.871. The van der Waals surface area contributed by atoms with Gasteiger partial charge in [0.15, 0.2) is 0 Å². The Morgan fingerprint density at radius 1 is 1.50 bits per heavy atom. The van der Waals surface area contributed by atoms with E-state index in [1.165, 1.54) is 4.90 Å². The molecule has 0 aromatic carbocycles. The van der Waals surface area contributed by atoms with Gasteiger partial charge in [0.25, 0.3) is 0 Å². The van der Waals surface area contributed by atoms with Crippen molar-refractivity contribution in [3.8, 4) is 0 Å². The van der Waals surface area contributed by atoms with Crippen molar-refractivity contribution >= 4 is 11.9 Å². The lowest BCUT2D eigenvalue weighted by molar-refractivity contribution is -0.139. The fourth-order valence-electron chi connectivity index (χ4n) is 1.99. The highest BCUT2D eigenvalue weighted by Crippen LogP contribution is 2.17. The number of amides is 1. The van der Waals surface area contributed by atoms with E-state index in [2.05, 4.69) is 12.2 Å².